The van der Waals surface area contributed by atoms with Gasteiger partial charge in [0.15, 0.2) is 5.16 Å². The Labute approximate surface area is 104 Å². The molecule has 0 aromatic carbocycles. The Bertz CT molecular complexity index is 536. The second kappa shape index (κ2) is 4.70. The molecule has 0 fully saturated rings. The van der Waals surface area contributed by atoms with Crippen LogP contribution in [-0.2, 0) is 13.5 Å². The molecular weight excluding hydrogens is 236 g/mol. The average molecular weight is 250 g/mol. The molecule has 0 aliphatic rings. The van der Waals surface area contributed by atoms with Crippen molar-refractivity contribution in [2.24, 2.45) is 7.05 Å². The first-order valence-corrected chi connectivity index (χ1v) is 6.08. The first-order valence-electron chi connectivity index (χ1n) is 5.26. The monoisotopic (exact) mass is 250 g/mol. The number of aromatic nitrogens is 5. The van der Waals surface area contributed by atoms with E-state index in [1.165, 1.54) is 18.1 Å². The van der Waals surface area contributed by atoms with Gasteiger partial charge in [-0.05, 0) is 18.7 Å². The molecular formula is C10H14N6S. The van der Waals surface area contributed by atoms with E-state index in [0.717, 1.165) is 28.0 Å². The minimum Gasteiger partial charge on any atom is -0.383 e. The quantitative estimate of drug-likeness (QED) is 0.824. The average Bonchev–Trinajstić information content (AvgIpc) is 2.70. The highest BCUT2D eigenvalue weighted by atomic mass is 32.2. The maximum Gasteiger partial charge on any atom is 0.192 e. The van der Waals surface area contributed by atoms with E-state index in [0.29, 0.717) is 5.82 Å². The lowest BCUT2D eigenvalue weighted by Crippen LogP contribution is -2.04. The highest BCUT2D eigenvalue weighted by molar-refractivity contribution is 7.99. The summed E-state index contributed by atoms with van der Waals surface area (Å²) in [4.78, 5) is 12.8. The Hall–Kier alpha value is -1.63. The number of aryl methyl sites for hydroxylation is 2. The molecule has 2 aromatic rings. The molecule has 0 saturated heterocycles. The van der Waals surface area contributed by atoms with Crippen molar-refractivity contribution in [3.63, 3.8) is 0 Å². The third-order valence-electron chi connectivity index (χ3n) is 2.36. The molecule has 6 nitrogen and oxygen atoms in total. The number of nitrogens with zero attached hydrogens (tertiary/aromatic N) is 5. The van der Waals surface area contributed by atoms with Crippen LogP contribution in [0.15, 0.2) is 16.5 Å². The standard InChI is InChI=1S/C10H14N6S/c1-4-7-14-8(11)6(2)9(15-7)17-10-12-5-13-16(10)3/h5H,4H2,1-3H3,(H2,11,14,15). The number of hydrogen-bond acceptors (Lipinski definition) is 6. The van der Waals surface area contributed by atoms with Crippen LogP contribution in [0.2, 0.25) is 0 Å². The van der Waals surface area contributed by atoms with E-state index in [-0.39, 0.29) is 0 Å². The van der Waals surface area contributed by atoms with Crippen LogP contribution < -0.4 is 5.73 Å². The minimum absolute atomic E-state index is 0.529. The normalized spacial score (nSPS) is 10.8. The van der Waals surface area contributed by atoms with Gasteiger partial charge in [0.1, 0.15) is 23.0 Å². The Balaban J connectivity index is 2.38. The van der Waals surface area contributed by atoms with Crippen molar-refractivity contribution in [3.8, 4) is 0 Å². The van der Waals surface area contributed by atoms with E-state index in [1.807, 2.05) is 20.9 Å². The molecule has 0 unspecified atom stereocenters. The van der Waals surface area contributed by atoms with Gasteiger partial charge in [0.25, 0.3) is 0 Å². The van der Waals surface area contributed by atoms with Crippen molar-refractivity contribution in [1.29, 1.82) is 0 Å². The summed E-state index contributed by atoms with van der Waals surface area (Å²) >= 11 is 1.45. The number of rotatable bonds is 3. The molecule has 0 spiro atoms. The Kier molecular flexibility index (Phi) is 3.28. The molecule has 0 amide bonds. The maximum absolute atomic E-state index is 5.86. The molecule has 0 bridgehead atoms. The van der Waals surface area contributed by atoms with E-state index in [2.05, 4.69) is 20.1 Å². The molecule has 7 heteroatoms. The zero-order chi connectivity index (χ0) is 12.4. The molecule has 0 saturated carbocycles. The maximum atomic E-state index is 5.86. The Morgan fingerprint density at radius 2 is 2.18 bits per heavy atom. The lowest BCUT2D eigenvalue weighted by molar-refractivity contribution is 0.684. The van der Waals surface area contributed by atoms with E-state index in [1.54, 1.807) is 4.68 Å². The van der Waals surface area contributed by atoms with E-state index in [4.69, 9.17) is 5.73 Å². The fourth-order valence-electron chi connectivity index (χ4n) is 1.28. The summed E-state index contributed by atoms with van der Waals surface area (Å²) < 4.78 is 1.70. The zero-order valence-electron chi connectivity index (χ0n) is 10.0. The van der Waals surface area contributed by atoms with Crippen LogP contribution in [0.25, 0.3) is 0 Å². The highest BCUT2D eigenvalue weighted by Gasteiger charge is 2.12. The smallest absolute Gasteiger partial charge is 0.192 e. The first-order chi connectivity index (χ1) is 8.11. The molecule has 2 aromatic heterocycles. The van der Waals surface area contributed by atoms with Gasteiger partial charge in [-0.2, -0.15) is 5.10 Å². The Morgan fingerprint density at radius 3 is 2.76 bits per heavy atom. The Morgan fingerprint density at radius 1 is 1.41 bits per heavy atom. The predicted octanol–water partition coefficient (Wildman–Crippen LogP) is 1.21. The molecule has 17 heavy (non-hydrogen) atoms. The van der Waals surface area contributed by atoms with Crippen LogP contribution in [0, 0.1) is 6.92 Å². The zero-order valence-corrected chi connectivity index (χ0v) is 10.8. The van der Waals surface area contributed by atoms with Crippen LogP contribution in [0.3, 0.4) is 0 Å². The van der Waals surface area contributed by atoms with Gasteiger partial charge in [-0.1, -0.05) is 6.92 Å². The van der Waals surface area contributed by atoms with Gasteiger partial charge in [-0.15, -0.1) is 0 Å². The molecule has 2 heterocycles. The van der Waals surface area contributed by atoms with Gasteiger partial charge < -0.3 is 5.73 Å². The van der Waals surface area contributed by atoms with Crippen LogP contribution in [0.1, 0.15) is 18.3 Å². The SMILES string of the molecule is CCc1nc(N)c(C)c(Sc2ncnn2C)n1. The minimum atomic E-state index is 0.529. The summed E-state index contributed by atoms with van der Waals surface area (Å²) in [7, 11) is 1.84. The van der Waals surface area contributed by atoms with Crippen molar-refractivity contribution in [2.75, 3.05) is 5.73 Å². The number of anilines is 1. The van der Waals surface area contributed by atoms with Crippen molar-refractivity contribution < 1.29 is 0 Å². The predicted molar refractivity (Wildman–Crippen MR) is 65.7 cm³/mol. The van der Waals surface area contributed by atoms with Crippen molar-refractivity contribution >= 4 is 17.6 Å². The van der Waals surface area contributed by atoms with Crippen molar-refractivity contribution in [2.45, 2.75) is 30.5 Å². The molecule has 90 valence electrons. The molecule has 0 radical (unpaired) electrons. The van der Waals surface area contributed by atoms with Gasteiger partial charge in [0.2, 0.25) is 0 Å². The third kappa shape index (κ3) is 2.38. The summed E-state index contributed by atoms with van der Waals surface area (Å²) in [5.41, 5.74) is 6.74. The second-order valence-corrected chi connectivity index (χ2v) is 4.53. The molecule has 2 rings (SSSR count). The fraction of sp³-hybridized carbons (Fsp3) is 0.400. The van der Waals surface area contributed by atoms with E-state index < -0.39 is 0 Å². The van der Waals surface area contributed by atoms with Crippen LogP contribution in [0.5, 0.6) is 0 Å². The number of hydrogen-bond donors (Lipinski definition) is 1. The molecule has 0 aliphatic carbocycles. The van der Waals surface area contributed by atoms with Crippen LogP contribution >= 0.6 is 11.8 Å². The fourth-order valence-corrected chi connectivity index (χ4v) is 2.14. The van der Waals surface area contributed by atoms with Gasteiger partial charge >= 0.3 is 0 Å². The lowest BCUT2D eigenvalue weighted by atomic mass is 10.3. The molecule has 0 aliphatic heterocycles. The van der Waals surface area contributed by atoms with Gasteiger partial charge in [-0.25, -0.2) is 19.6 Å². The van der Waals surface area contributed by atoms with E-state index >= 15 is 0 Å². The van der Waals surface area contributed by atoms with E-state index in [9.17, 15) is 0 Å². The van der Waals surface area contributed by atoms with Crippen LogP contribution in [-0.4, -0.2) is 24.7 Å². The van der Waals surface area contributed by atoms with Gasteiger partial charge in [0.05, 0.1) is 0 Å². The van der Waals surface area contributed by atoms with Gasteiger partial charge in [-0.3, -0.25) is 0 Å². The molecule has 2 N–H and O–H groups in total. The third-order valence-corrected chi connectivity index (χ3v) is 3.50. The summed E-state index contributed by atoms with van der Waals surface area (Å²) in [6.07, 6.45) is 2.28. The first kappa shape index (κ1) is 11.8. The topological polar surface area (TPSA) is 82.5 Å². The van der Waals surface area contributed by atoms with Gasteiger partial charge in [0, 0.05) is 19.0 Å². The summed E-state index contributed by atoms with van der Waals surface area (Å²) in [6.45, 7) is 3.91. The number of nitrogen functional groups attached to an aromatic ring is 1. The largest absolute Gasteiger partial charge is 0.383 e. The summed E-state index contributed by atoms with van der Waals surface area (Å²) in [6, 6.07) is 0. The van der Waals surface area contributed by atoms with Crippen LogP contribution in [0.4, 0.5) is 5.82 Å². The number of nitrogens with two attached hydrogens (primary N) is 1. The highest BCUT2D eigenvalue weighted by Crippen LogP contribution is 2.28. The lowest BCUT2D eigenvalue weighted by Gasteiger charge is -2.07. The second-order valence-electron chi connectivity index (χ2n) is 3.58. The van der Waals surface area contributed by atoms with Crippen molar-refractivity contribution in [1.82, 2.24) is 24.7 Å². The summed E-state index contributed by atoms with van der Waals surface area (Å²) in [5, 5.41) is 5.64. The summed E-state index contributed by atoms with van der Waals surface area (Å²) in [5.74, 6) is 1.28. The van der Waals surface area contributed by atoms with Crippen molar-refractivity contribution in [3.05, 3.63) is 17.7 Å². The molecule has 0 atom stereocenters.